The Morgan fingerprint density at radius 1 is 1.46 bits per heavy atom. The summed E-state index contributed by atoms with van der Waals surface area (Å²) >= 11 is 0. The van der Waals surface area contributed by atoms with Gasteiger partial charge < -0.3 is 10.2 Å². The fourth-order valence-electron chi connectivity index (χ4n) is 0.856. The number of hydrogen-bond acceptors (Lipinski definition) is 3. The molecule has 0 aliphatic heterocycles. The highest BCUT2D eigenvalue weighted by atomic mass is 28.4. The second kappa shape index (κ2) is 4.76. The standard InChI is InChI=1S/C9H21NO2Si/c1-6-7(2)8(10)9(11)12-13(3,4)5/h7-8H,6,10H2,1-5H3. The van der Waals surface area contributed by atoms with E-state index in [9.17, 15) is 4.79 Å². The zero-order valence-corrected chi connectivity index (χ0v) is 10.3. The molecule has 2 unspecified atom stereocenters. The molecule has 0 aliphatic carbocycles. The molecule has 78 valence electrons. The first-order valence-corrected chi connectivity index (χ1v) is 8.17. The fourth-order valence-corrected chi connectivity index (χ4v) is 1.60. The first-order chi connectivity index (χ1) is 5.78. The Morgan fingerprint density at radius 3 is 2.23 bits per heavy atom. The van der Waals surface area contributed by atoms with Gasteiger partial charge in [-0.25, -0.2) is 0 Å². The molecule has 0 saturated carbocycles. The summed E-state index contributed by atoms with van der Waals surface area (Å²) in [5.41, 5.74) is 5.73. The van der Waals surface area contributed by atoms with E-state index >= 15 is 0 Å². The summed E-state index contributed by atoms with van der Waals surface area (Å²) in [5, 5.41) is 0. The molecule has 3 nitrogen and oxygen atoms in total. The van der Waals surface area contributed by atoms with E-state index in [-0.39, 0.29) is 11.9 Å². The van der Waals surface area contributed by atoms with Gasteiger partial charge in [-0.15, -0.1) is 0 Å². The lowest BCUT2D eigenvalue weighted by atomic mass is 10.0. The predicted molar refractivity (Wildman–Crippen MR) is 56.9 cm³/mol. The molecule has 0 spiro atoms. The van der Waals surface area contributed by atoms with Crippen LogP contribution in [0.3, 0.4) is 0 Å². The Balaban J connectivity index is 4.12. The number of rotatable bonds is 4. The Morgan fingerprint density at radius 2 is 1.92 bits per heavy atom. The lowest BCUT2D eigenvalue weighted by Crippen LogP contribution is -2.43. The van der Waals surface area contributed by atoms with Gasteiger partial charge in [0.2, 0.25) is 8.32 Å². The second-order valence-electron chi connectivity index (χ2n) is 4.44. The molecule has 0 amide bonds. The van der Waals surface area contributed by atoms with Crippen molar-refractivity contribution in [2.24, 2.45) is 11.7 Å². The summed E-state index contributed by atoms with van der Waals surface area (Å²) in [6.07, 6.45) is 0.905. The van der Waals surface area contributed by atoms with Gasteiger partial charge in [0.05, 0.1) is 0 Å². The normalized spacial score (nSPS) is 16.5. The zero-order valence-electron chi connectivity index (χ0n) is 9.26. The second-order valence-corrected chi connectivity index (χ2v) is 8.87. The number of carbonyl (C=O) groups is 1. The van der Waals surface area contributed by atoms with E-state index in [1.807, 2.05) is 33.5 Å². The highest BCUT2D eigenvalue weighted by Crippen LogP contribution is 2.10. The minimum absolute atomic E-state index is 0.198. The molecule has 0 aromatic heterocycles. The van der Waals surface area contributed by atoms with Crippen molar-refractivity contribution in [2.75, 3.05) is 0 Å². The van der Waals surface area contributed by atoms with E-state index in [1.165, 1.54) is 0 Å². The molecular formula is C9H21NO2Si. The third-order valence-corrected chi connectivity index (χ3v) is 2.75. The molecule has 0 aliphatic rings. The predicted octanol–water partition coefficient (Wildman–Crippen LogP) is 1.74. The van der Waals surface area contributed by atoms with Crippen LogP contribution >= 0.6 is 0 Å². The molecule has 0 aromatic rings. The van der Waals surface area contributed by atoms with E-state index in [2.05, 4.69) is 0 Å². The maximum absolute atomic E-state index is 11.4. The van der Waals surface area contributed by atoms with Crippen molar-refractivity contribution in [1.82, 2.24) is 0 Å². The zero-order chi connectivity index (χ0) is 10.6. The van der Waals surface area contributed by atoms with E-state index < -0.39 is 14.4 Å². The van der Waals surface area contributed by atoms with E-state index in [1.54, 1.807) is 0 Å². The average molecular weight is 203 g/mol. The molecule has 0 saturated heterocycles. The molecule has 0 rings (SSSR count). The monoisotopic (exact) mass is 203 g/mol. The summed E-state index contributed by atoms with van der Waals surface area (Å²) < 4.78 is 5.30. The lowest BCUT2D eigenvalue weighted by Gasteiger charge is -2.23. The van der Waals surface area contributed by atoms with E-state index in [0.29, 0.717) is 0 Å². The molecule has 2 atom stereocenters. The summed E-state index contributed by atoms with van der Waals surface area (Å²) in [4.78, 5) is 11.4. The van der Waals surface area contributed by atoms with Crippen LogP contribution in [0.4, 0.5) is 0 Å². The molecule has 0 bridgehead atoms. The van der Waals surface area contributed by atoms with Crippen LogP contribution in [0.1, 0.15) is 20.3 Å². The van der Waals surface area contributed by atoms with Crippen molar-refractivity contribution < 1.29 is 9.22 Å². The van der Waals surface area contributed by atoms with Gasteiger partial charge in [0, 0.05) is 0 Å². The van der Waals surface area contributed by atoms with Gasteiger partial charge in [0.15, 0.2) is 0 Å². The van der Waals surface area contributed by atoms with Crippen molar-refractivity contribution >= 4 is 14.3 Å². The maximum Gasteiger partial charge on any atom is 0.309 e. The summed E-state index contributed by atoms with van der Waals surface area (Å²) in [6.45, 7) is 9.93. The molecule has 0 fully saturated rings. The first kappa shape index (κ1) is 12.6. The average Bonchev–Trinajstić information content (AvgIpc) is 1.98. The van der Waals surface area contributed by atoms with Gasteiger partial charge in [0.25, 0.3) is 0 Å². The smallest absolute Gasteiger partial charge is 0.309 e. The first-order valence-electron chi connectivity index (χ1n) is 4.76. The third-order valence-electron chi connectivity index (χ3n) is 1.94. The van der Waals surface area contributed by atoms with Gasteiger partial charge in [-0.2, -0.15) is 0 Å². The lowest BCUT2D eigenvalue weighted by molar-refractivity contribution is -0.137. The van der Waals surface area contributed by atoms with Gasteiger partial charge in [-0.05, 0) is 25.6 Å². The molecule has 0 aromatic carbocycles. The molecule has 4 heteroatoms. The maximum atomic E-state index is 11.4. The highest BCUT2D eigenvalue weighted by molar-refractivity contribution is 6.71. The van der Waals surface area contributed by atoms with Crippen molar-refractivity contribution in [3.05, 3.63) is 0 Å². The van der Waals surface area contributed by atoms with Crippen LogP contribution in [-0.4, -0.2) is 20.3 Å². The molecule has 0 heterocycles. The largest absolute Gasteiger partial charge is 0.519 e. The Bertz CT molecular complexity index is 177. The number of carbonyl (C=O) groups excluding carboxylic acids is 1. The number of hydrogen-bond donors (Lipinski definition) is 1. The topological polar surface area (TPSA) is 52.3 Å². The molecule has 0 radical (unpaired) electrons. The van der Waals surface area contributed by atoms with Crippen molar-refractivity contribution in [3.8, 4) is 0 Å². The van der Waals surface area contributed by atoms with Crippen LogP contribution in [0.2, 0.25) is 19.6 Å². The van der Waals surface area contributed by atoms with Crippen LogP contribution in [0.15, 0.2) is 0 Å². The minimum Gasteiger partial charge on any atom is -0.519 e. The Hall–Kier alpha value is -0.353. The summed E-state index contributed by atoms with van der Waals surface area (Å²) in [6, 6.07) is -0.461. The summed E-state index contributed by atoms with van der Waals surface area (Å²) in [5.74, 6) is -0.0441. The highest BCUT2D eigenvalue weighted by Gasteiger charge is 2.26. The summed E-state index contributed by atoms with van der Waals surface area (Å²) in [7, 11) is -1.77. The van der Waals surface area contributed by atoms with Gasteiger partial charge in [0.1, 0.15) is 6.04 Å². The van der Waals surface area contributed by atoms with E-state index in [0.717, 1.165) is 6.42 Å². The van der Waals surface area contributed by atoms with E-state index in [4.69, 9.17) is 10.2 Å². The number of nitrogens with two attached hydrogens (primary N) is 1. The van der Waals surface area contributed by atoms with Crippen LogP contribution < -0.4 is 5.73 Å². The van der Waals surface area contributed by atoms with Crippen LogP contribution in [0, 0.1) is 5.92 Å². The van der Waals surface area contributed by atoms with Crippen LogP contribution in [-0.2, 0) is 9.22 Å². The third kappa shape index (κ3) is 5.05. The SMILES string of the molecule is CCC(C)C(N)C(=O)O[Si](C)(C)C. The van der Waals surface area contributed by atoms with Crippen LogP contribution in [0.5, 0.6) is 0 Å². The van der Waals surface area contributed by atoms with Crippen LogP contribution in [0.25, 0.3) is 0 Å². The van der Waals surface area contributed by atoms with Crippen molar-refractivity contribution in [1.29, 1.82) is 0 Å². The Labute approximate surface area is 81.8 Å². The Kier molecular flexibility index (Phi) is 4.63. The minimum atomic E-state index is -1.77. The van der Waals surface area contributed by atoms with Crippen molar-refractivity contribution in [3.63, 3.8) is 0 Å². The quantitative estimate of drug-likeness (QED) is 0.708. The van der Waals surface area contributed by atoms with Gasteiger partial charge in [-0.1, -0.05) is 20.3 Å². The molecule has 2 N–H and O–H groups in total. The van der Waals surface area contributed by atoms with Crippen molar-refractivity contribution in [2.45, 2.75) is 46.0 Å². The fraction of sp³-hybridized carbons (Fsp3) is 0.889. The van der Waals surface area contributed by atoms with Gasteiger partial charge in [-0.3, -0.25) is 4.79 Å². The molecular weight excluding hydrogens is 182 g/mol. The molecule has 13 heavy (non-hydrogen) atoms. The van der Waals surface area contributed by atoms with Gasteiger partial charge >= 0.3 is 5.97 Å².